The zero-order chi connectivity index (χ0) is 26.3. The number of benzene rings is 2. The third kappa shape index (κ3) is 4.32. The number of para-hydroxylation sites is 1. The van der Waals surface area contributed by atoms with Gasteiger partial charge in [-0.1, -0.05) is 29.8 Å². The molecule has 5 rings (SSSR count). The molecule has 2 aromatic carbocycles. The summed E-state index contributed by atoms with van der Waals surface area (Å²) in [6, 6.07) is 19.4. The molecule has 4 aromatic rings. The third-order valence-electron chi connectivity index (χ3n) is 6.63. The van der Waals surface area contributed by atoms with Crippen LogP contribution in [0, 0.1) is 13.8 Å². The molecule has 1 aliphatic rings. The van der Waals surface area contributed by atoms with E-state index in [-0.39, 0.29) is 17.8 Å². The lowest BCUT2D eigenvalue weighted by Gasteiger charge is -2.29. The maximum atomic E-state index is 12.6. The highest BCUT2D eigenvalue weighted by Gasteiger charge is 2.43. The average Bonchev–Trinajstić information content (AvgIpc) is 3.40. The standard InChI is InChI=1S/C28H25ClN4O3S/c1-16-14-20(17(2)32(16)22-10-5-4-8-19(22)27(35)36-3)26-25(21-9-6-7-13-30-21)31-28(37)33(26)23-15-18(29)11-12-24(23)34/h4-15,25-26,34H,1-3H3,(H,31,37). The maximum Gasteiger partial charge on any atom is 0.339 e. The van der Waals surface area contributed by atoms with Crippen molar-refractivity contribution < 1.29 is 14.6 Å². The van der Waals surface area contributed by atoms with Crippen LogP contribution in [0.3, 0.4) is 0 Å². The predicted molar refractivity (Wildman–Crippen MR) is 148 cm³/mol. The van der Waals surface area contributed by atoms with Gasteiger partial charge in [0.2, 0.25) is 0 Å². The number of hydrogen-bond acceptors (Lipinski definition) is 5. The number of carbonyl (C=O) groups is 1. The fraction of sp³-hybridized carbons (Fsp3) is 0.179. The molecule has 0 radical (unpaired) electrons. The van der Waals surface area contributed by atoms with Crippen LogP contribution in [0.1, 0.15) is 45.1 Å². The lowest BCUT2D eigenvalue weighted by Crippen LogP contribution is -2.29. The van der Waals surface area contributed by atoms with Crippen LogP contribution in [0.15, 0.2) is 72.9 Å². The number of hydrogen-bond donors (Lipinski definition) is 2. The first kappa shape index (κ1) is 24.8. The summed E-state index contributed by atoms with van der Waals surface area (Å²) in [7, 11) is 1.37. The van der Waals surface area contributed by atoms with Gasteiger partial charge < -0.3 is 24.6 Å². The van der Waals surface area contributed by atoms with Crippen LogP contribution in [-0.2, 0) is 4.74 Å². The molecule has 2 unspecified atom stereocenters. The van der Waals surface area contributed by atoms with E-state index in [4.69, 9.17) is 28.6 Å². The van der Waals surface area contributed by atoms with E-state index in [0.717, 1.165) is 28.3 Å². The van der Waals surface area contributed by atoms with Gasteiger partial charge in [-0.05, 0) is 80.2 Å². The Labute approximate surface area is 225 Å². The molecule has 7 nitrogen and oxygen atoms in total. The molecule has 1 aliphatic heterocycles. The Morgan fingerprint density at radius 3 is 2.57 bits per heavy atom. The number of nitrogens with zero attached hydrogens (tertiary/aromatic N) is 3. The molecule has 3 heterocycles. The summed E-state index contributed by atoms with van der Waals surface area (Å²) in [6.07, 6.45) is 1.74. The predicted octanol–water partition coefficient (Wildman–Crippen LogP) is 5.81. The van der Waals surface area contributed by atoms with E-state index in [2.05, 4.69) is 16.4 Å². The molecule has 2 N–H and O–H groups in total. The Morgan fingerprint density at radius 2 is 1.84 bits per heavy atom. The minimum atomic E-state index is -0.412. The number of pyridine rings is 1. The molecule has 0 saturated carbocycles. The van der Waals surface area contributed by atoms with Gasteiger partial charge in [-0.3, -0.25) is 4.98 Å². The molecule has 9 heteroatoms. The number of methoxy groups -OCH3 is 1. The number of anilines is 1. The Morgan fingerprint density at radius 1 is 1.08 bits per heavy atom. The molecular formula is C28H25ClN4O3S. The number of phenolic OH excluding ortho intramolecular Hbond substituents is 1. The lowest BCUT2D eigenvalue weighted by molar-refractivity contribution is 0.0600. The van der Waals surface area contributed by atoms with E-state index in [1.165, 1.54) is 7.11 Å². The number of aromatic nitrogens is 2. The number of aromatic hydroxyl groups is 1. The molecule has 188 valence electrons. The molecular weight excluding hydrogens is 508 g/mol. The number of nitrogens with one attached hydrogen (secondary N) is 1. The quantitative estimate of drug-likeness (QED) is 0.248. The van der Waals surface area contributed by atoms with Crippen molar-refractivity contribution in [2.24, 2.45) is 0 Å². The summed E-state index contributed by atoms with van der Waals surface area (Å²) in [5.41, 5.74) is 5.28. The van der Waals surface area contributed by atoms with Crippen molar-refractivity contribution in [1.29, 1.82) is 0 Å². The summed E-state index contributed by atoms with van der Waals surface area (Å²) >= 11 is 12.1. The average molecular weight is 533 g/mol. The van der Waals surface area contributed by atoms with Crippen LogP contribution >= 0.6 is 23.8 Å². The number of esters is 1. The summed E-state index contributed by atoms with van der Waals surface area (Å²) in [6.45, 7) is 3.99. The van der Waals surface area contributed by atoms with Gasteiger partial charge in [0, 0.05) is 22.6 Å². The van der Waals surface area contributed by atoms with Crippen molar-refractivity contribution in [2.45, 2.75) is 25.9 Å². The van der Waals surface area contributed by atoms with Crippen molar-refractivity contribution in [1.82, 2.24) is 14.9 Å². The monoisotopic (exact) mass is 532 g/mol. The summed E-state index contributed by atoms with van der Waals surface area (Å²) in [5.74, 6) is -0.352. The van der Waals surface area contributed by atoms with Crippen molar-refractivity contribution in [3.63, 3.8) is 0 Å². The number of halogens is 1. The molecule has 37 heavy (non-hydrogen) atoms. The Bertz CT molecular complexity index is 1500. The second kappa shape index (κ2) is 9.88. The van der Waals surface area contributed by atoms with E-state index in [1.54, 1.807) is 30.5 Å². The molecule has 1 saturated heterocycles. The minimum absolute atomic E-state index is 0.0602. The zero-order valence-electron chi connectivity index (χ0n) is 20.5. The summed E-state index contributed by atoms with van der Waals surface area (Å²) in [4.78, 5) is 19.0. The van der Waals surface area contributed by atoms with Gasteiger partial charge in [-0.25, -0.2) is 4.79 Å². The molecule has 0 spiro atoms. The van der Waals surface area contributed by atoms with Gasteiger partial charge in [-0.2, -0.15) is 0 Å². The van der Waals surface area contributed by atoms with Crippen LogP contribution < -0.4 is 10.2 Å². The van der Waals surface area contributed by atoms with E-state index >= 15 is 0 Å². The second-order valence-corrected chi connectivity index (χ2v) is 9.62. The molecule has 1 fully saturated rings. The van der Waals surface area contributed by atoms with Crippen LogP contribution in [-0.4, -0.2) is 32.8 Å². The van der Waals surface area contributed by atoms with Crippen molar-refractivity contribution in [3.8, 4) is 11.4 Å². The lowest BCUT2D eigenvalue weighted by atomic mass is 9.96. The third-order valence-corrected chi connectivity index (χ3v) is 7.18. The highest BCUT2D eigenvalue weighted by Crippen LogP contribution is 2.46. The highest BCUT2D eigenvalue weighted by molar-refractivity contribution is 7.80. The van der Waals surface area contributed by atoms with Gasteiger partial charge in [0.15, 0.2) is 5.11 Å². The van der Waals surface area contributed by atoms with Gasteiger partial charge in [0.1, 0.15) is 5.75 Å². The number of thiocarbonyl (C=S) groups is 1. The Hall–Kier alpha value is -3.88. The van der Waals surface area contributed by atoms with Crippen LogP contribution in [0.5, 0.6) is 5.75 Å². The van der Waals surface area contributed by atoms with Gasteiger partial charge in [0.25, 0.3) is 0 Å². The van der Waals surface area contributed by atoms with Crippen molar-refractivity contribution in [3.05, 3.63) is 106 Å². The maximum absolute atomic E-state index is 12.6. The summed E-state index contributed by atoms with van der Waals surface area (Å²) in [5, 5.41) is 15.1. The van der Waals surface area contributed by atoms with Crippen LogP contribution in [0.4, 0.5) is 5.69 Å². The van der Waals surface area contributed by atoms with Gasteiger partial charge in [0.05, 0.1) is 41.8 Å². The SMILES string of the molecule is COC(=O)c1ccccc1-n1c(C)cc(C2C(c3ccccn3)NC(=S)N2c2cc(Cl)ccc2O)c1C. The number of phenols is 1. The van der Waals surface area contributed by atoms with E-state index in [1.807, 2.05) is 59.7 Å². The van der Waals surface area contributed by atoms with E-state index in [0.29, 0.717) is 21.4 Å². The van der Waals surface area contributed by atoms with Gasteiger partial charge in [-0.15, -0.1) is 0 Å². The molecule has 2 atom stereocenters. The topological polar surface area (TPSA) is 79.6 Å². The number of aryl methyl sites for hydroxylation is 1. The van der Waals surface area contributed by atoms with E-state index < -0.39 is 5.97 Å². The second-order valence-electron chi connectivity index (χ2n) is 8.80. The van der Waals surface area contributed by atoms with Gasteiger partial charge >= 0.3 is 5.97 Å². The van der Waals surface area contributed by atoms with E-state index in [9.17, 15) is 9.90 Å². The Balaban J connectivity index is 1.72. The number of ether oxygens (including phenoxy) is 1. The summed E-state index contributed by atoms with van der Waals surface area (Å²) < 4.78 is 7.07. The highest BCUT2D eigenvalue weighted by atomic mass is 35.5. The fourth-order valence-electron chi connectivity index (χ4n) is 5.03. The zero-order valence-corrected chi connectivity index (χ0v) is 22.0. The normalized spacial score (nSPS) is 17.1. The first-order valence-corrected chi connectivity index (χ1v) is 12.5. The van der Waals surface area contributed by atoms with Crippen LogP contribution in [0.2, 0.25) is 5.02 Å². The first-order chi connectivity index (χ1) is 17.8. The van der Waals surface area contributed by atoms with Crippen molar-refractivity contribution >= 4 is 40.6 Å². The largest absolute Gasteiger partial charge is 0.506 e. The minimum Gasteiger partial charge on any atom is -0.506 e. The van der Waals surface area contributed by atoms with Crippen LogP contribution in [0.25, 0.3) is 5.69 Å². The molecule has 0 amide bonds. The Kier molecular flexibility index (Phi) is 6.62. The molecule has 0 bridgehead atoms. The number of carbonyl (C=O) groups excluding carboxylic acids is 1. The molecule has 2 aromatic heterocycles. The number of rotatable bonds is 5. The smallest absolute Gasteiger partial charge is 0.339 e. The molecule has 0 aliphatic carbocycles. The fourth-order valence-corrected chi connectivity index (χ4v) is 5.53. The first-order valence-electron chi connectivity index (χ1n) is 11.7. The van der Waals surface area contributed by atoms with Crippen molar-refractivity contribution in [2.75, 3.05) is 12.0 Å².